The fraction of sp³-hybridized carbons (Fsp3) is 0.900. The summed E-state index contributed by atoms with van der Waals surface area (Å²) >= 11 is 0. The van der Waals surface area contributed by atoms with Crippen LogP contribution in [0.5, 0.6) is 0 Å². The molecule has 1 fully saturated rings. The molecule has 0 aromatic heterocycles. The molecule has 0 bridgehead atoms. The van der Waals surface area contributed by atoms with Crippen molar-refractivity contribution in [3.8, 4) is 0 Å². The predicted octanol–water partition coefficient (Wildman–Crippen LogP) is -0.102. The van der Waals surface area contributed by atoms with Gasteiger partial charge in [-0.15, -0.1) is 0 Å². The molecule has 0 aliphatic carbocycles. The average molecular weight is 216 g/mol. The predicted molar refractivity (Wildman–Crippen MR) is 56.7 cm³/mol. The lowest BCUT2D eigenvalue weighted by molar-refractivity contribution is -0.140. The van der Waals surface area contributed by atoms with E-state index in [-0.39, 0.29) is 6.10 Å². The van der Waals surface area contributed by atoms with Crippen molar-refractivity contribution in [2.24, 2.45) is 5.73 Å². The molecule has 0 spiro atoms. The standard InChI is InChI=1S/C10H20N2O3/c1-7(2)12-3-4-15-8(6-12)5-9(11)10(13)14/h7-9H,3-6,11H2,1-2H3,(H,13,14). The number of hydrogen-bond acceptors (Lipinski definition) is 4. The maximum atomic E-state index is 10.6. The number of ether oxygens (including phenoxy) is 1. The fourth-order valence-electron chi connectivity index (χ4n) is 1.74. The van der Waals surface area contributed by atoms with Crippen molar-refractivity contribution < 1.29 is 14.6 Å². The molecule has 0 saturated carbocycles. The summed E-state index contributed by atoms with van der Waals surface area (Å²) in [6, 6.07) is -0.348. The van der Waals surface area contributed by atoms with Crippen LogP contribution in [-0.4, -0.2) is 53.9 Å². The zero-order valence-corrected chi connectivity index (χ0v) is 9.35. The first-order valence-electron chi connectivity index (χ1n) is 5.34. The Morgan fingerprint density at radius 3 is 2.87 bits per heavy atom. The fourth-order valence-corrected chi connectivity index (χ4v) is 1.74. The van der Waals surface area contributed by atoms with E-state index in [0.29, 0.717) is 19.1 Å². The largest absolute Gasteiger partial charge is 0.480 e. The van der Waals surface area contributed by atoms with E-state index in [4.69, 9.17) is 15.6 Å². The number of nitrogens with zero attached hydrogens (tertiary/aromatic N) is 1. The van der Waals surface area contributed by atoms with Gasteiger partial charge in [0.15, 0.2) is 0 Å². The van der Waals surface area contributed by atoms with Crippen LogP contribution in [0.25, 0.3) is 0 Å². The third-order valence-electron chi connectivity index (χ3n) is 2.73. The van der Waals surface area contributed by atoms with Gasteiger partial charge in [-0.2, -0.15) is 0 Å². The Morgan fingerprint density at radius 1 is 1.67 bits per heavy atom. The topological polar surface area (TPSA) is 75.8 Å². The summed E-state index contributed by atoms with van der Waals surface area (Å²) < 4.78 is 5.49. The zero-order chi connectivity index (χ0) is 11.4. The van der Waals surface area contributed by atoms with Crippen LogP contribution < -0.4 is 5.73 Å². The number of carboxylic acids is 1. The van der Waals surface area contributed by atoms with E-state index in [0.717, 1.165) is 13.1 Å². The summed E-state index contributed by atoms with van der Waals surface area (Å²) in [4.78, 5) is 12.9. The van der Waals surface area contributed by atoms with E-state index in [2.05, 4.69) is 18.7 Å². The van der Waals surface area contributed by atoms with Gasteiger partial charge in [-0.25, -0.2) is 0 Å². The Morgan fingerprint density at radius 2 is 2.33 bits per heavy atom. The smallest absolute Gasteiger partial charge is 0.320 e. The van der Waals surface area contributed by atoms with E-state index < -0.39 is 12.0 Å². The van der Waals surface area contributed by atoms with E-state index in [1.54, 1.807) is 0 Å². The molecular weight excluding hydrogens is 196 g/mol. The summed E-state index contributed by atoms with van der Waals surface area (Å²) in [7, 11) is 0. The molecule has 2 unspecified atom stereocenters. The minimum Gasteiger partial charge on any atom is -0.480 e. The van der Waals surface area contributed by atoms with E-state index in [9.17, 15) is 4.79 Å². The summed E-state index contributed by atoms with van der Waals surface area (Å²) in [5, 5.41) is 8.69. The Balaban J connectivity index is 2.39. The molecule has 1 saturated heterocycles. The van der Waals surface area contributed by atoms with Gasteiger partial charge in [0.1, 0.15) is 6.04 Å². The first kappa shape index (κ1) is 12.4. The van der Waals surface area contributed by atoms with Crippen LogP contribution in [0.1, 0.15) is 20.3 Å². The average Bonchev–Trinajstić information content (AvgIpc) is 2.18. The van der Waals surface area contributed by atoms with Gasteiger partial charge in [-0.3, -0.25) is 9.69 Å². The first-order chi connectivity index (χ1) is 7.00. The van der Waals surface area contributed by atoms with Crippen molar-refractivity contribution in [2.45, 2.75) is 38.5 Å². The molecule has 88 valence electrons. The minimum absolute atomic E-state index is 0.0488. The molecule has 0 aromatic carbocycles. The Kier molecular flexibility index (Phi) is 4.50. The van der Waals surface area contributed by atoms with Gasteiger partial charge in [-0.05, 0) is 13.8 Å². The third kappa shape index (κ3) is 3.77. The molecule has 3 N–H and O–H groups in total. The number of nitrogens with two attached hydrogens (primary N) is 1. The van der Waals surface area contributed by atoms with Crippen LogP contribution in [-0.2, 0) is 9.53 Å². The number of morpholine rings is 1. The monoisotopic (exact) mass is 216 g/mol. The van der Waals surface area contributed by atoms with Crippen LogP contribution in [0.2, 0.25) is 0 Å². The molecule has 0 radical (unpaired) electrons. The van der Waals surface area contributed by atoms with Crippen molar-refractivity contribution in [3.05, 3.63) is 0 Å². The van der Waals surface area contributed by atoms with Crippen molar-refractivity contribution >= 4 is 5.97 Å². The van der Waals surface area contributed by atoms with Gasteiger partial charge in [0, 0.05) is 25.6 Å². The van der Waals surface area contributed by atoms with Gasteiger partial charge in [-0.1, -0.05) is 0 Å². The highest BCUT2D eigenvalue weighted by molar-refractivity contribution is 5.73. The van der Waals surface area contributed by atoms with Crippen LogP contribution in [0.4, 0.5) is 0 Å². The molecule has 0 aromatic rings. The zero-order valence-electron chi connectivity index (χ0n) is 9.35. The molecule has 1 heterocycles. The summed E-state index contributed by atoms with van der Waals surface area (Å²) in [5.41, 5.74) is 5.47. The number of carbonyl (C=O) groups is 1. The van der Waals surface area contributed by atoms with Crippen LogP contribution in [0.3, 0.4) is 0 Å². The van der Waals surface area contributed by atoms with E-state index >= 15 is 0 Å². The number of carboxylic acid groups (broad SMARTS) is 1. The second kappa shape index (κ2) is 5.44. The van der Waals surface area contributed by atoms with Gasteiger partial charge in [0.25, 0.3) is 0 Å². The third-order valence-corrected chi connectivity index (χ3v) is 2.73. The van der Waals surface area contributed by atoms with Gasteiger partial charge >= 0.3 is 5.97 Å². The minimum atomic E-state index is -0.958. The SMILES string of the molecule is CC(C)N1CCOC(CC(N)C(=O)O)C1. The highest BCUT2D eigenvalue weighted by Gasteiger charge is 2.25. The normalized spacial score (nSPS) is 25.5. The second-order valence-electron chi connectivity index (χ2n) is 4.26. The summed E-state index contributed by atoms with van der Waals surface area (Å²) in [6.45, 7) is 6.60. The Labute approximate surface area is 90.2 Å². The Hall–Kier alpha value is -0.650. The van der Waals surface area contributed by atoms with Crippen LogP contribution >= 0.6 is 0 Å². The molecule has 2 atom stereocenters. The summed E-state index contributed by atoms with van der Waals surface area (Å²) in [5.74, 6) is -0.958. The maximum Gasteiger partial charge on any atom is 0.320 e. The van der Waals surface area contributed by atoms with E-state index in [1.165, 1.54) is 0 Å². The lowest BCUT2D eigenvalue weighted by Crippen LogP contribution is -2.48. The lowest BCUT2D eigenvalue weighted by atomic mass is 10.1. The van der Waals surface area contributed by atoms with Gasteiger partial charge in [0.05, 0.1) is 12.7 Å². The number of aliphatic carboxylic acids is 1. The van der Waals surface area contributed by atoms with Crippen molar-refractivity contribution in [1.29, 1.82) is 0 Å². The van der Waals surface area contributed by atoms with Crippen molar-refractivity contribution in [1.82, 2.24) is 4.90 Å². The van der Waals surface area contributed by atoms with Crippen LogP contribution in [0, 0.1) is 0 Å². The Bertz CT molecular complexity index is 221. The molecular formula is C10H20N2O3. The van der Waals surface area contributed by atoms with Crippen LogP contribution in [0.15, 0.2) is 0 Å². The maximum absolute atomic E-state index is 10.6. The van der Waals surface area contributed by atoms with Crippen molar-refractivity contribution in [2.75, 3.05) is 19.7 Å². The number of hydrogen-bond donors (Lipinski definition) is 2. The molecule has 15 heavy (non-hydrogen) atoms. The molecule has 1 aliphatic rings. The molecule has 1 aliphatic heterocycles. The first-order valence-corrected chi connectivity index (χ1v) is 5.34. The van der Waals surface area contributed by atoms with Crippen molar-refractivity contribution in [3.63, 3.8) is 0 Å². The number of rotatable bonds is 4. The van der Waals surface area contributed by atoms with Gasteiger partial charge in [0.2, 0.25) is 0 Å². The summed E-state index contributed by atoms with van der Waals surface area (Å²) in [6.07, 6.45) is 0.339. The highest BCUT2D eigenvalue weighted by atomic mass is 16.5. The molecule has 5 heteroatoms. The lowest BCUT2D eigenvalue weighted by Gasteiger charge is -2.36. The molecule has 1 rings (SSSR count). The highest BCUT2D eigenvalue weighted by Crippen LogP contribution is 2.12. The quantitative estimate of drug-likeness (QED) is 0.686. The second-order valence-corrected chi connectivity index (χ2v) is 4.26. The van der Waals surface area contributed by atoms with E-state index in [1.807, 2.05) is 0 Å². The molecule has 0 amide bonds. The van der Waals surface area contributed by atoms with Gasteiger partial charge < -0.3 is 15.6 Å². The molecule has 5 nitrogen and oxygen atoms in total.